The number of anilines is 1. The highest BCUT2D eigenvalue weighted by atomic mass is 79.9. The zero-order valence-corrected chi connectivity index (χ0v) is 12.9. The zero-order valence-electron chi connectivity index (χ0n) is 10.5. The molecule has 17 heavy (non-hydrogen) atoms. The van der Waals surface area contributed by atoms with E-state index in [1.165, 1.54) is 11.8 Å². The van der Waals surface area contributed by atoms with Crippen molar-refractivity contribution < 1.29 is 8.42 Å². The molecule has 0 aliphatic rings. The van der Waals surface area contributed by atoms with Crippen molar-refractivity contribution in [2.75, 3.05) is 17.3 Å². The van der Waals surface area contributed by atoms with Gasteiger partial charge in [0.15, 0.2) is 0 Å². The summed E-state index contributed by atoms with van der Waals surface area (Å²) >= 11 is 3.49. The third-order valence-corrected chi connectivity index (χ3v) is 4.11. The lowest BCUT2D eigenvalue weighted by Crippen LogP contribution is -2.25. The first-order chi connectivity index (χ1) is 7.69. The normalized spacial score (nSPS) is 13.5. The Morgan fingerprint density at radius 2 is 1.94 bits per heavy atom. The first kappa shape index (κ1) is 14.5. The van der Waals surface area contributed by atoms with Gasteiger partial charge in [-0.15, -0.1) is 0 Å². The topological polar surface area (TPSA) is 46.2 Å². The van der Waals surface area contributed by atoms with Gasteiger partial charge in [-0.1, -0.05) is 6.07 Å². The van der Waals surface area contributed by atoms with Crippen LogP contribution in [0.5, 0.6) is 0 Å². The summed E-state index contributed by atoms with van der Waals surface area (Å²) in [5.74, 6) is 0.132. The Labute approximate surface area is 112 Å². The molecule has 0 aromatic heterocycles. The number of nitrogens with one attached hydrogen (secondary N) is 1. The summed E-state index contributed by atoms with van der Waals surface area (Å²) in [4.78, 5) is 0. The molecule has 5 heteroatoms. The van der Waals surface area contributed by atoms with E-state index in [2.05, 4.69) is 27.3 Å². The van der Waals surface area contributed by atoms with Crippen molar-refractivity contribution in [3.05, 3.63) is 27.7 Å². The van der Waals surface area contributed by atoms with Crippen molar-refractivity contribution in [1.29, 1.82) is 0 Å². The number of aryl methyl sites for hydroxylation is 2. The minimum Gasteiger partial charge on any atom is -0.380 e. The van der Waals surface area contributed by atoms with Gasteiger partial charge in [0, 0.05) is 16.8 Å². The molecule has 1 rings (SSSR count). The van der Waals surface area contributed by atoms with Gasteiger partial charge in [0.1, 0.15) is 9.84 Å². The molecule has 1 N–H and O–H groups in total. The Hall–Kier alpha value is -0.550. The van der Waals surface area contributed by atoms with Crippen LogP contribution in [0.2, 0.25) is 0 Å². The molecular weight excluding hydrogens is 302 g/mol. The van der Waals surface area contributed by atoms with Gasteiger partial charge in [0.05, 0.1) is 11.4 Å². The van der Waals surface area contributed by atoms with Crippen molar-refractivity contribution in [2.45, 2.75) is 26.8 Å². The summed E-state index contributed by atoms with van der Waals surface area (Å²) in [5.41, 5.74) is 3.25. The van der Waals surface area contributed by atoms with E-state index < -0.39 is 9.84 Å². The molecule has 1 unspecified atom stereocenters. The van der Waals surface area contributed by atoms with Crippen molar-refractivity contribution >= 4 is 31.5 Å². The fourth-order valence-electron chi connectivity index (χ4n) is 1.84. The van der Waals surface area contributed by atoms with Crippen LogP contribution in [-0.2, 0) is 9.84 Å². The molecule has 0 saturated heterocycles. The summed E-state index contributed by atoms with van der Waals surface area (Å²) in [6.45, 7) is 5.90. The highest BCUT2D eigenvalue weighted by molar-refractivity contribution is 9.10. The van der Waals surface area contributed by atoms with Crippen molar-refractivity contribution in [1.82, 2.24) is 0 Å². The molecule has 1 aromatic carbocycles. The largest absolute Gasteiger partial charge is 0.380 e. The van der Waals surface area contributed by atoms with E-state index in [0.717, 1.165) is 15.7 Å². The molecule has 0 radical (unpaired) electrons. The Balaban J connectivity index is 2.89. The molecule has 0 fully saturated rings. The SMILES string of the molecule is Cc1cc(C)c(NC(C)CS(C)(=O)=O)c(Br)c1. The molecule has 0 amide bonds. The Morgan fingerprint density at radius 3 is 2.41 bits per heavy atom. The van der Waals surface area contributed by atoms with E-state index >= 15 is 0 Å². The average molecular weight is 320 g/mol. The van der Waals surface area contributed by atoms with E-state index in [1.807, 2.05) is 26.8 Å². The fourth-order valence-corrected chi connectivity index (χ4v) is 3.62. The Bertz CT molecular complexity index is 488. The first-order valence-corrected chi connectivity index (χ1v) is 8.25. The van der Waals surface area contributed by atoms with Crippen molar-refractivity contribution in [3.63, 3.8) is 0 Å². The second-order valence-corrected chi connectivity index (χ2v) is 7.62. The minimum atomic E-state index is -2.96. The van der Waals surface area contributed by atoms with Gasteiger partial charge in [-0.2, -0.15) is 0 Å². The molecule has 0 bridgehead atoms. The Kier molecular flexibility index (Phi) is 4.61. The van der Waals surface area contributed by atoms with Gasteiger partial charge in [-0.05, 0) is 53.9 Å². The summed E-state index contributed by atoms with van der Waals surface area (Å²) in [6, 6.07) is 3.98. The van der Waals surface area contributed by atoms with Gasteiger partial charge in [0.25, 0.3) is 0 Å². The monoisotopic (exact) mass is 319 g/mol. The third-order valence-electron chi connectivity index (χ3n) is 2.38. The molecule has 0 aliphatic carbocycles. The molecule has 96 valence electrons. The number of hydrogen-bond acceptors (Lipinski definition) is 3. The van der Waals surface area contributed by atoms with Crippen molar-refractivity contribution in [3.8, 4) is 0 Å². The Morgan fingerprint density at radius 1 is 1.35 bits per heavy atom. The molecule has 3 nitrogen and oxygen atoms in total. The number of halogens is 1. The van der Waals surface area contributed by atoms with E-state index in [0.29, 0.717) is 0 Å². The van der Waals surface area contributed by atoms with E-state index in [-0.39, 0.29) is 11.8 Å². The fraction of sp³-hybridized carbons (Fsp3) is 0.500. The second-order valence-electron chi connectivity index (χ2n) is 4.58. The minimum absolute atomic E-state index is 0.109. The van der Waals surface area contributed by atoms with Gasteiger partial charge in [0.2, 0.25) is 0 Å². The molecule has 0 heterocycles. The quantitative estimate of drug-likeness (QED) is 0.928. The summed E-state index contributed by atoms with van der Waals surface area (Å²) < 4.78 is 23.4. The molecule has 0 aliphatic heterocycles. The maximum absolute atomic E-state index is 11.2. The van der Waals surface area contributed by atoms with E-state index in [9.17, 15) is 8.42 Å². The van der Waals surface area contributed by atoms with Gasteiger partial charge < -0.3 is 5.32 Å². The lowest BCUT2D eigenvalue weighted by molar-refractivity contribution is 0.598. The number of rotatable bonds is 4. The van der Waals surface area contributed by atoms with Crippen LogP contribution in [0, 0.1) is 13.8 Å². The molecule has 1 atom stereocenters. The van der Waals surface area contributed by atoms with Crippen LogP contribution >= 0.6 is 15.9 Å². The summed E-state index contributed by atoms with van der Waals surface area (Å²) in [7, 11) is -2.96. The summed E-state index contributed by atoms with van der Waals surface area (Å²) in [5, 5.41) is 3.24. The smallest absolute Gasteiger partial charge is 0.149 e. The average Bonchev–Trinajstić information content (AvgIpc) is 2.08. The lowest BCUT2D eigenvalue weighted by atomic mass is 10.1. The van der Waals surface area contributed by atoms with Crippen LogP contribution in [0.25, 0.3) is 0 Å². The highest BCUT2D eigenvalue weighted by Crippen LogP contribution is 2.28. The van der Waals surface area contributed by atoms with Crippen LogP contribution in [0.1, 0.15) is 18.1 Å². The second kappa shape index (κ2) is 5.40. The zero-order chi connectivity index (χ0) is 13.2. The maximum Gasteiger partial charge on any atom is 0.149 e. The molecule has 1 aromatic rings. The van der Waals surface area contributed by atoms with Crippen molar-refractivity contribution in [2.24, 2.45) is 0 Å². The van der Waals surface area contributed by atoms with Crippen LogP contribution in [0.3, 0.4) is 0 Å². The van der Waals surface area contributed by atoms with Gasteiger partial charge in [-0.3, -0.25) is 0 Å². The van der Waals surface area contributed by atoms with Crippen LogP contribution < -0.4 is 5.32 Å². The third kappa shape index (κ3) is 4.68. The first-order valence-electron chi connectivity index (χ1n) is 5.40. The predicted octanol–water partition coefficient (Wildman–Crippen LogP) is 2.91. The predicted molar refractivity (Wildman–Crippen MR) is 76.4 cm³/mol. The molecular formula is C12H18BrNO2S. The number of sulfone groups is 1. The maximum atomic E-state index is 11.2. The number of hydrogen-bond donors (Lipinski definition) is 1. The van der Waals surface area contributed by atoms with E-state index in [1.54, 1.807) is 0 Å². The van der Waals surface area contributed by atoms with Crippen LogP contribution in [-0.4, -0.2) is 26.5 Å². The summed E-state index contributed by atoms with van der Waals surface area (Å²) in [6.07, 6.45) is 1.25. The van der Waals surface area contributed by atoms with E-state index in [4.69, 9.17) is 0 Å². The van der Waals surface area contributed by atoms with Gasteiger partial charge >= 0.3 is 0 Å². The standard InChI is InChI=1S/C12H18BrNO2S/c1-8-5-9(2)12(11(13)6-8)14-10(3)7-17(4,15)16/h5-6,10,14H,7H2,1-4H3. The molecule has 0 spiro atoms. The highest BCUT2D eigenvalue weighted by Gasteiger charge is 2.13. The molecule has 0 saturated carbocycles. The van der Waals surface area contributed by atoms with Crippen LogP contribution in [0.4, 0.5) is 5.69 Å². The van der Waals surface area contributed by atoms with Crippen LogP contribution in [0.15, 0.2) is 16.6 Å². The van der Waals surface area contributed by atoms with Gasteiger partial charge in [-0.25, -0.2) is 8.42 Å². The number of benzene rings is 1. The lowest BCUT2D eigenvalue weighted by Gasteiger charge is -2.18.